The topological polar surface area (TPSA) is 55.4 Å². The molecular formula is C10H21NO3S. The molecule has 0 aromatic carbocycles. The van der Waals surface area contributed by atoms with E-state index in [-0.39, 0.29) is 11.4 Å². The average Bonchev–Trinajstić information content (AvgIpc) is 1.94. The number of hydrogen-bond donors (Lipinski definition) is 1. The van der Waals surface area contributed by atoms with Gasteiger partial charge in [0.2, 0.25) is 0 Å². The smallest absolute Gasteiger partial charge is 0.152 e. The van der Waals surface area contributed by atoms with Crippen LogP contribution in [0.25, 0.3) is 0 Å². The van der Waals surface area contributed by atoms with Gasteiger partial charge in [-0.05, 0) is 26.7 Å². The maximum atomic E-state index is 11.6. The van der Waals surface area contributed by atoms with Crippen molar-refractivity contribution < 1.29 is 13.2 Å². The molecule has 0 atom stereocenters. The number of hydrogen-bond acceptors (Lipinski definition) is 4. The first-order valence-corrected chi connectivity index (χ1v) is 7.16. The van der Waals surface area contributed by atoms with Crippen LogP contribution < -0.4 is 5.32 Å². The Morgan fingerprint density at radius 1 is 1.33 bits per heavy atom. The molecule has 1 rings (SSSR count). The van der Waals surface area contributed by atoms with E-state index >= 15 is 0 Å². The minimum absolute atomic E-state index is 0.140. The molecule has 0 spiro atoms. The molecule has 0 aliphatic carbocycles. The van der Waals surface area contributed by atoms with Crippen LogP contribution in [0, 0.1) is 5.92 Å². The molecule has 0 saturated carbocycles. The van der Waals surface area contributed by atoms with Crippen molar-refractivity contribution >= 4 is 9.84 Å². The first kappa shape index (κ1) is 12.9. The molecule has 1 fully saturated rings. The summed E-state index contributed by atoms with van der Waals surface area (Å²) in [6.45, 7) is 7.74. The van der Waals surface area contributed by atoms with Gasteiger partial charge in [-0.25, -0.2) is 8.42 Å². The zero-order valence-corrected chi connectivity index (χ0v) is 10.6. The summed E-state index contributed by atoms with van der Waals surface area (Å²) in [5, 5.41) is 3.07. The number of ether oxygens (including phenoxy) is 1. The second-order valence-electron chi connectivity index (χ2n) is 5.10. The lowest BCUT2D eigenvalue weighted by atomic mass is 10.1. The van der Waals surface area contributed by atoms with Gasteiger partial charge >= 0.3 is 0 Å². The van der Waals surface area contributed by atoms with Gasteiger partial charge in [0.25, 0.3) is 0 Å². The van der Waals surface area contributed by atoms with E-state index < -0.39 is 9.84 Å². The lowest BCUT2D eigenvalue weighted by Crippen LogP contribution is -2.46. The predicted octanol–water partition coefficient (Wildman–Crippen LogP) is 0.436. The summed E-state index contributed by atoms with van der Waals surface area (Å²) in [4.78, 5) is 0. The lowest BCUT2D eigenvalue weighted by molar-refractivity contribution is 0.00642. The van der Waals surface area contributed by atoms with Crippen LogP contribution in [0.3, 0.4) is 0 Å². The SMILES string of the molecule is CC(C)(C)OCCS(=O)(=O)CC1CNC1. The van der Waals surface area contributed by atoms with Crippen molar-refractivity contribution in [2.75, 3.05) is 31.2 Å². The van der Waals surface area contributed by atoms with Crippen molar-refractivity contribution in [1.82, 2.24) is 5.32 Å². The maximum Gasteiger partial charge on any atom is 0.152 e. The molecule has 90 valence electrons. The molecule has 1 aliphatic heterocycles. The molecule has 0 bridgehead atoms. The molecule has 4 nitrogen and oxygen atoms in total. The molecule has 1 heterocycles. The second kappa shape index (κ2) is 4.80. The summed E-state index contributed by atoms with van der Waals surface area (Å²) in [7, 11) is -2.93. The minimum atomic E-state index is -2.93. The Balaban J connectivity index is 2.23. The van der Waals surface area contributed by atoms with Crippen molar-refractivity contribution in [2.45, 2.75) is 26.4 Å². The van der Waals surface area contributed by atoms with Crippen LogP contribution in [0.1, 0.15) is 20.8 Å². The summed E-state index contributed by atoms with van der Waals surface area (Å²) >= 11 is 0. The van der Waals surface area contributed by atoms with Crippen LogP contribution in [0.15, 0.2) is 0 Å². The highest BCUT2D eigenvalue weighted by Gasteiger charge is 2.24. The summed E-state index contributed by atoms with van der Waals surface area (Å²) in [5.74, 6) is 0.749. The van der Waals surface area contributed by atoms with Gasteiger partial charge in [-0.2, -0.15) is 0 Å². The molecule has 1 aliphatic rings. The van der Waals surface area contributed by atoms with Crippen molar-refractivity contribution in [1.29, 1.82) is 0 Å². The molecule has 0 unspecified atom stereocenters. The Labute approximate surface area is 92.3 Å². The van der Waals surface area contributed by atoms with Crippen LogP contribution in [0.5, 0.6) is 0 Å². The molecule has 1 saturated heterocycles. The normalized spacial score (nSPS) is 18.9. The van der Waals surface area contributed by atoms with Gasteiger partial charge in [-0.3, -0.25) is 0 Å². The zero-order valence-electron chi connectivity index (χ0n) is 9.75. The van der Waals surface area contributed by atoms with Crippen LogP contribution in [-0.2, 0) is 14.6 Å². The van der Waals surface area contributed by atoms with Gasteiger partial charge < -0.3 is 10.1 Å². The quantitative estimate of drug-likeness (QED) is 0.751. The number of nitrogens with one attached hydrogen (secondary N) is 1. The van der Waals surface area contributed by atoms with Gasteiger partial charge in [0.05, 0.1) is 23.7 Å². The zero-order chi connectivity index (χ0) is 11.5. The van der Waals surface area contributed by atoms with Crippen molar-refractivity contribution in [2.24, 2.45) is 5.92 Å². The van der Waals surface area contributed by atoms with E-state index in [0.29, 0.717) is 18.3 Å². The fourth-order valence-electron chi connectivity index (χ4n) is 1.38. The van der Waals surface area contributed by atoms with Gasteiger partial charge in [0.1, 0.15) is 0 Å². The third kappa shape index (κ3) is 5.49. The highest BCUT2D eigenvalue weighted by atomic mass is 32.2. The lowest BCUT2D eigenvalue weighted by Gasteiger charge is -2.27. The van der Waals surface area contributed by atoms with E-state index in [1.165, 1.54) is 0 Å². The van der Waals surface area contributed by atoms with E-state index in [1.807, 2.05) is 20.8 Å². The Bertz CT molecular complexity index is 288. The Morgan fingerprint density at radius 2 is 1.93 bits per heavy atom. The van der Waals surface area contributed by atoms with Crippen LogP contribution >= 0.6 is 0 Å². The van der Waals surface area contributed by atoms with Crippen LogP contribution in [0.4, 0.5) is 0 Å². The van der Waals surface area contributed by atoms with E-state index in [2.05, 4.69) is 5.32 Å². The monoisotopic (exact) mass is 235 g/mol. The van der Waals surface area contributed by atoms with Gasteiger partial charge in [0.15, 0.2) is 9.84 Å². The summed E-state index contributed by atoms with van der Waals surface area (Å²) < 4.78 is 28.6. The van der Waals surface area contributed by atoms with Crippen LogP contribution in [0.2, 0.25) is 0 Å². The molecule has 0 amide bonds. The molecule has 0 radical (unpaired) electrons. The second-order valence-corrected chi connectivity index (χ2v) is 7.33. The number of sulfone groups is 1. The van der Waals surface area contributed by atoms with Gasteiger partial charge in [-0.1, -0.05) is 0 Å². The fourth-order valence-corrected chi connectivity index (χ4v) is 2.84. The maximum absolute atomic E-state index is 11.6. The summed E-state index contributed by atoms with van der Waals surface area (Å²) in [6, 6.07) is 0. The highest BCUT2D eigenvalue weighted by molar-refractivity contribution is 7.91. The van der Waals surface area contributed by atoms with Gasteiger partial charge in [-0.15, -0.1) is 0 Å². The standard InChI is InChI=1S/C10H21NO3S/c1-10(2,3)14-4-5-15(12,13)8-9-6-11-7-9/h9,11H,4-8H2,1-3H3. The first-order valence-electron chi connectivity index (χ1n) is 5.34. The van der Waals surface area contributed by atoms with Crippen molar-refractivity contribution in [3.8, 4) is 0 Å². The third-order valence-electron chi connectivity index (χ3n) is 2.29. The molecule has 15 heavy (non-hydrogen) atoms. The molecule has 0 aromatic rings. The average molecular weight is 235 g/mol. The Hall–Kier alpha value is -0.130. The van der Waals surface area contributed by atoms with E-state index in [0.717, 1.165) is 13.1 Å². The van der Waals surface area contributed by atoms with Gasteiger partial charge in [0, 0.05) is 13.1 Å². The van der Waals surface area contributed by atoms with E-state index in [4.69, 9.17) is 4.74 Å². The van der Waals surface area contributed by atoms with E-state index in [1.54, 1.807) is 0 Å². The minimum Gasteiger partial charge on any atom is -0.375 e. The highest BCUT2D eigenvalue weighted by Crippen LogP contribution is 2.10. The predicted molar refractivity (Wildman–Crippen MR) is 60.7 cm³/mol. The fraction of sp³-hybridized carbons (Fsp3) is 1.00. The molecule has 5 heteroatoms. The first-order chi connectivity index (χ1) is 6.79. The molecule has 1 N–H and O–H groups in total. The number of rotatable bonds is 5. The largest absolute Gasteiger partial charge is 0.375 e. The van der Waals surface area contributed by atoms with Crippen molar-refractivity contribution in [3.05, 3.63) is 0 Å². The summed E-state index contributed by atoms with van der Waals surface area (Å²) in [6.07, 6.45) is 0. The van der Waals surface area contributed by atoms with E-state index in [9.17, 15) is 8.42 Å². The summed E-state index contributed by atoms with van der Waals surface area (Å²) in [5.41, 5.74) is -0.256. The Morgan fingerprint density at radius 3 is 2.33 bits per heavy atom. The van der Waals surface area contributed by atoms with Crippen LogP contribution in [-0.4, -0.2) is 45.2 Å². The third-order valence-corrected chi connectivity index (χ3v) is 4.05. The Kier molecular flexibility index (Phi) is 4.14. The molecular weight excluding hydrogens is 214 g/mol. The van der Waals surface area contributed by atoms with Crippen molar-refractivity contribution in [3.63, 3.8) is 0 Å². The molecule has 0 aromatic heterocycles.